The van der Waals surface area contributed by atoms with Crippen molar-refractivity contribution >= 4 is 23.7 Å². The summed E-state index contributed by atoms with van der Waals surface area (Å²) in [5.41, 5.74) is -5.23. The van der Waals surface area contributed by atoms with Crippen molar-refractivity contribution in [1.29, 1.82) is 0 Å². The van der Waals surface area contributed by atoms with E-state index < -0.39 is 153 Å². The molecule has 0 saturated carbocycles. The highest BCUT2D eigenvalue weighted by Gasteiger charge is 2.44. The van der Waals surface area contributed by atoms with E-state index in [4.69, 9.17) is 18.9 Å². The molecule has 0 bridgehead atoms. The lowest BCUT2D eigenvalue weighted by Gasteiger charge is -2.34. The molecular formula is C34H30O21. The molecule has 0 amide bonds. The number of rotatable bonds is 14. The van der Waals surface area contributed by atoms with Gasteiger partial charge in [0.05, 0.1) is 23.3 Å². The van der Waals surface area contributed by atoms with Crippen LogP contribution in [-0.2, 0) is 18.9 Å². The second kappa shape index (κ2) is 16.0. The fourth-order valence-corrected chi connectivity index (χ4v) is 4.57. The molecule has 13 N–H and O–H groups in total. The molecule has 0 aliphatic heterocycles. The van der Waals surface area contributed by atoms with Crippen LogP contribution in [0.2, 0.25) is 0 Å². The van der Waals surface area contributed by atoms with Crippen LogP contribution in [0.3, 0.4) is 0 Å². The molecular weight excluding hydrogens is 744 g/mol. The number of phenols is 12. The van der Waals surface area contributed by atoms with Crippen molar-refractivity contribution in [3.05, 3.63) is 70.8 Å². The Morgan fingerprint density at radius 1 is 0.473 bits per heavy atom. The fraction of sp³-hybridized carbons (Fsp3) is 0.176. The summed E-state index contributed by atoms with van der Waals surface area (Å²) in [6.07, 6.45) is -2.26. The number of carbonyl (C=O) groups excluding carboxylic acids is 4. The average Bonchev–Trinajstić information content (AvgIpc) is 3.13. The number of ketones is 1. The van der Waals surface area contributed by atoms with Crippen LogP contribution >= 0.6 is 0 Å². The molecule has 21 heteroatoms. The van der Waals surface area contributed by atoms with Crippen LogP contribution in [0, 0.1) is 0 Å². The number of carbonyl (C=O) groups is 4. The zero-order valence-corrected chi connectivity index (χ0v) is 27.6. The molecule has 1 unspecified atom stereocenters. The van der Waals surface area contributed by atoms with Gasteiger partial charge >= 0.3 is 17.9 Å². The Bertz CT molecular complexity index is 2070. The number of aliphatic hydroxyl groups is 1. The highest BCUT2D eigenvalue weighted by atomic mass is 16.6. The van der Waals surface area contributed by atoms with Crippen molar-refractivity contribution in [3.8, 4) is 69.0 Å². The maximum atomic E-state index is 13.3. The molecule has 4 aromatic rings. The van der Waals surface area contributed by atoms with E-state index in [1.165, 1.54) is 0 Å². The second-order valence-corrected chi connectivity index (χ2v) is 11.5. The van der Waals surface area contributed by atoms with E-state index >= 15 is 0 Å². The van der Waals surface area contributed by atoms with Gasteiger partial charge < -0.3 is 85.3 Å². The highest BCUT2D eigenvalue weighted by Crippen LogP contribution is 2.39. The van der Waals surface area contributed by atoms with E-state index in [0.29, 0.717) is 36.4 Å². The van der Waals surface area contributed by atoms with Crippen LogP contribution in [0.4, 0.5) is 0 Å². The molecule has 2 atom stereocenters. The summed E-state index contributed by atoms with van der Waals surface area (Å²) in [5, 5.41) is 129. The third-order valence-corrected chi connectivity index (χ3v) is 7.56. The van der Waals surface area contributed by atoms with Crippen LogP contribution in [0.25, 0.3) is 0 Å². The number of esters is 3. The first-order chi connectivity index (χ1) is 25.7. The van der Waals surface area contributed by atoms with Gasteiger partial charge in [-0.05, 0) is 48.5 Å². The SMILES string of the molecule is O=C(COCC(O)(COC(=O)c1cc(O)c(O)c(O)c1)[C@H](COC(=O)c1cc(O)c(O)c(O)c1)OC(=O)c1cc(O)c(O)c(O)c1)c1cc(O)c(O)c(O)c1. The first kappa shape index (κ1) is 40.3. The van der Waals surface area contributed by atoms with E-state index in [2.05, 4.69) is 0 Å². The van der Waals surface area contributed by atoms with Gasteiger partial charge in [0.25, 0.3) is 0 Å². The topological polar surface area (TPSA) is 368 Å². The molecule has 0 saturated heterocycles. The van der Waals surface area contributed by atoms with Crippen LogP contribution in [0.5, 0.6) is 69.0 Å². The number of hydrogen-bond donors (Lipinski definition) is 13. The van der Waals surface area contributed by atoms with Crippen molar-refractivity contribution in [2.75, 3.05) is 26.4 Å². The number of benzene rings is 4. The van der Waals surface area contributed by atoms with Gasteiger partial charge in [0.2, 0.25) is 0 Å². The smallest absolute Gasteiger partial charge is 0.338 e. The highest BCUT2D eigenvalue weighted by molar-refractivity contribution is 5.98. The molecule has 0 aromatic heterocycles. The van der Waals surface area contributed by atoms with Crippen molar-refractivity contribution < 1.29 is 105 Å². The van der Waals surface area contributed by atoms with Crippen LogP contribution in [0.15, 0.2) is 48.5 Å². The molecule has 0 spiro atoms. The monoisotopic (exact) mass is 774 g/mol. The molecule has 0 aliphatic carbocycles. The largest absolute Gasteiger partial charge is 0.504 e. The van der Waals surface area contributed by atoms with Crippen molar-refractivity contribution in [3.63, 3.8) is 0 Å². The van der Waals surface area contributed by atoms with E-state index in [9.17, 15) is 85.6 Å². The lowest BCUT2D eigenvalue weighted by molar-refractivity contribution is -0.156. The number of hydrogen-bond acceptors (Lipinski definition) is 21. The Hall–Kier alpha value is -7.52. The number of phenolic OH excluding ortho intramolecular Hbond substituents is 12. The minimum absolute atomic E-state index is 0.418. The minimum Gasteiger partial charge on any atom is -0.504 e. The molecule has 4 rings (SSSR count). The van der Waals surface area contributed by atoms with Gasteiger partial charge in [0.1, 0.15) is 19.8 Å². The minimum atomic E-state index is -2.91. The van der Waals surface area contributed by atoms with Crippen LogP contribution in [0.1, 0.15) is 41.4 Å². The average molecular weight is 775 g/mol. The molecule has 0 fully saturated rings. The lowest BCUT2D eigenvalue weighted by atomic mass is 9.98. The standard InChI is InChI=1S/C34H30O21/c35-17-1-13(2-18(36)27(17)44)25(43)9-52-11-34(51,12-54-32(49)15-5-21(39)29(46)22(40)6-15)26(55-33(50)16-7-23(41)30(47)24(42)8-16)10-53-31(48)14-3-19(37)28(45)20(38)4-14/h1-8,26,35-42,44-47,51H,9-12H2/t26-,34?/m0/s1. The van der Waals surface area contributed by atoms with Gasteiger partial charge in [-0.3, -0.25) is 4.79 Å². The van der Waals surface area contributed by atoms with Gasteiger partial charge in [-0.1, -0.05) is 0 Å². The summed E-state index contributed by atoms with van der Waals surface area (Å²) in [5.74, 6) is -17.0. The number of ether oxygens (including phenoxy) is 4. The van der Waals surface area contributed by atoms with E-state index in [0.717, 1.165) is 12.1 Å². The van der Waals surface area contributed by atoms with Gasteiger partial charge in [-0.15, -0.1) is 0 Å². The quantitative estimate of drug-likeness (QED) is 0.0368. The van der Waals surface area contributed by atoms with Crippen molar-refractivity contribution in [1.82, 2.24) is 0 Å². The van der Waals surface area contributed by atoms with Gasteiger partial charge in [-0.2, -0.15) is 0 Å². The normalized spacial score (nSPS) is 12.6. The number of aromatic hydroxyl groups is 12. The molecule has 0 radical (unpaired) electrons. The predicted molar refractivity (Wildman–Crippen MR) is 176 cm³/mol. The number of Topliss-reactive ketones (excluding diaryl/α,β-unsaturated/α-hetero) is 1. The predicted octanol–water partition coefficient (Wildman–Crippen LogP) is 1.02. The Morgan fingerprint density at radius 2 is 0.800 bits per heavy atom. The summed E-state index contributed by atoms with van der Waals surface area (Å²) in [4.78, 5) is 51.9. The molecule has 4 aromatic carbocycles. The fourth-order valence-electron chi connectivity index (χ4n) is 4.57. The Labute approximate surface area is 306 Å². The third-order valence-electron chi connectivity index (χ3n) is 7.56. The second-order valence-electron chi connectivity index (χ2n) is 11.5. The zero-order valence-electron chi connectivity index (χ0n) is 27.6. The van der Waals surface area contributed by atoms with Gasteiger partial charge in [0, 0.05) is 5.56 Å². The van der Waals surface area contributed by atoms with Gasteiger partial charge in [-0.25, -0.2) is 14.4 Å². The molecule has 55 heavy (non-hydrogen) atoms. The summed E-state index contributed by atoms with van der Waals surface area (Å²) in [6.45, 7) is -4.73. The van der Waals surface area contributed by atoms with Crippen LogP contribution < -0.4 is 0 Å². The molecule has 21 nitrogen and oxygen atoms in total. The summed E-state index contributed by atoms with van der Waals surface area (Å²) < 4.78 is 20.8. The first-order valence-corrected chi connectivity index (χ1v) is 15.1. The molecule has 0 heterocycles. The van der Waals surface area contributed by atoms with Gasteiger partial charge in [0.15, 0.2) is 86.5 Å². The van der Waals surface area contributed by atoms with Crippen molar-refractivity contribution in [2.24, 2.45) is 0 Å². The van der Waals surface area contributed by atoms with Crippen LogP contribution in [-0.4, -0.2) is 128 Å². The third kappa shape index (κ3) is 9.11. The van der Waals surface area contributed by atoms with E-state index in [-0.39, 0.29) is 0 Å². The summed E-state index contributed by atoms with van der Waals surface area (Å²) in [7, 11) is 0. The summed E-state index contributed by atoms with van der Waals surface area (Å²) in [6, 6.07) is 5.35. The maximum Gasteiger partial charge on any atom is 0.338 e. The Morgan fingerprint density at radius 3 is 1.18 bits per heavy atom. The van der Waals surface area contributed by atoms with Crippen molar-refractivity contribution in [2.45, 2.75) is 11.7 Å². The maximum absolute atomic E-state index is 13.3. The lowest BCUT2D eigenvalue weighted by Crippen LogP contribution is -2.55. The van der Waals surface area contributed by atoms with E-state index in [1.807, 2.05) is 0 Å². The van der Waals surface area contributed by atoms with E-state index in [1.54, 1.807) is 0 Å². The Kier molecular flexibility index (Phi) is 11.7. The zero-order chi connectivity index (χ0) is 40.9. The first-order valence-electron chi connectivity index (χ1n) is 15.1. The summed E-state index contributed by atoms with van der Waals surface area (Å²) >= 11 is 0. The molecule has 0 aliphatic rings. The Balaban J connectivity index is 1.70. The molecule has 292 valence electrons.